The van der Waals surface area contributed by atoms with E-state index in [0.717, 1.165) is 51.1 Å². The number of thioether (sulfide) groups is 1. The third-order valence-electron chi connectivity index (χ3n) is 4.89. The first-order valence-electron chi connectivity index (χ1n) is 9.68. The number of likely N-dealkylation sites (tertiary alicyclic amines) is 1. The summed E-state index contributed by atoms with van der Waals surface area (Å²) >= 11 is 1.98. The van der Waals surface area contributed by atoms with Gasteiger partial charge < -0.3 is 15.0 Å². The fourth-order valence-corrected chi connectivity index (χ4v) is 4.55. The molecule has 146 valence electrons. The van der Waals surface area contributed by atoms with Crippen molar-refractivity contribution in [3.05, 3.63) is 30.3 Å². The monoisotopic (exact) mass is 489 g/mol. The second kappa shape index (κ2) is 12.1. The number of guanidine groups is 1. The zero-order chi connectivity index (χ0) is 17.3. The van der Waals surface area contributed by atoms with Crippen LogP contribution in [-0.2, 0) is 4.74 Å². The van der Waals surface area contributed by atoms with Gasteiger partial charge in [0.15, 0.2) is 5.96 Å². The highest BCUT2D eigenvalue weighted by atomic mass is 127. The van der Waals surface area contributed by atoms with Crippen LogP contribution in [0.4, 0.5) is 0 Å². The normalized spacial score (nSPS) is 23.1. The van der Waals surface area contributed by atoms with Gasteiger partial charge in [-0.2, -0.15) is 0 Å². The second-order valence-corrected chi connectivity index (χ2v) is 7.98. The van der Waals surface area contributed by atoms with Gasteiger partial charge in [-0.15, -0.1) is 35.7 Å². The smallest absolute Gasteiger partial charge is 0.193 e. The summed E-state index contributed by atoms with van der Waals surface area (Å²) in [4.78, 5) is 8.67. The van der Waals surface area contributed by atoms with Crippen LogP contribution in [0.1, 0.15) is 32.6 Å². The summed E-state index contributed by atoms with van der Waals surface area (Å²) in [6, 6.07) is 10.7. The Morgan fingerprint density at radius 1 is 1.31 bits per heavy atom. The Hall–Kier alpha value is -0.470. The lowest BCUT2D eigenvalue weighted by Gasteiger charge is -2.22. The van der Waals surface area contributed by atoms with E-state index in [1.807, 2.05) is 11.8 Å². The van der Waals surface area contributed by atoms with Crippen LogP contribution >= 0.6 is 35.7 Å². The van der Waals surface area contributed by atoms with Gasteiger partial charge in [0.05, 0.1) is 6.10 Å². The second-order valence-electron chi connectivity index (χ2n) is 6.88. The first-order valence-corrected chi connectivity index (χ1v) is 10.7. The van der Waals surface area contributed by atoms with Crippen LogP contribution in [0.2, 0.25) is 0 Å². The largest absolute Gasteiger partial charge is 0.378 e. The highest BCUT2D eigenvalue weighted by Crippen LogP contribution is 2.26. The van der Waals surface area contributed by atoms with E-state index < -0.39 is 0 Å². The minimum absolute atomic E-state index is 0. The molecule has 2 aliphatic heterocycles. The Bertz CT molecular complexity index is 537. The van der Waals surface area contributed by atoms with Gasteiger partial charge >= 0.3 is 0 Å². The van der Waals surface area contributed by atoms with E-state index in [1.54, 1.807) is 0 Å². The van der Waals surface area contributed by atoms with Crippen molar-refractivity contribution in [2.24, 2.45) is 10.9 Å². The molecule has 4 nitrogen and oxygen atoms in total. The molecule has 2 aliphatic rings. The minimum atomic E-state index is 0. The Labute approximate surface area is 179 Å². The van der Waals surface area contributed by atoms with Crippen molar-refractivity contribution in [1.29, 1.82) is 0 Å². The number of rotatable bonds is 7. The van der Waals surface area contributed by atoms with Crippen molar-refractivity contribution in [3.63, 3.8) is 0 Å². The first-order chi connectivity index (χ1) is 12.3. The van der Waals surface area contributed by atoms with Gasteiger partial charge in [-0.05, 0) is 50.7 Å². The lowest BCUT2D eigenvalue weighted by molar-refractivity contribution is 0.106. The molecule has 6 heteroatoms. The number of halogens is 1. The molecule has 2 heterocycles. The molecule has 26 heavy (non-hydrogen) atoms. The molecule has 2 atom stereocenters. The maximum Gasteiger partial charge on any atom is 0.193 e. The molecular weight excluding hydrogens is 457 g/mol. The molecule has 1 aromatic carbocycles. The van der Waals surface area contributed by atoms with Crippen LogP contribution in [-0.4, -0.2) is 55.5 Å². The summed E-state index contributed by atoms with van der Waals surface area (Å²) in [5.41, 5.74) is 0. The number of ether oxygens (including phenoxy) is 1. The van der Waals surface area contributed by atoms with Crippen LogP contribution in [0.15, 0.2) is 40.2 Å². The molecular formula is C20H32IN3OS. The zero-order valence-corrected chi connectivity index (χ0v) is 18.9. The average Bonchev–Trinajstić information content (AvgIpc) is 3.32. The number of hydrogen-bond acceptors (Lipinski definition) is 3. The van der Waals surface area contributed by atoms with Gasteiger partial charge in [-0.25, -0.2) is 0 Å². The summed E-state index contributed by atoms with van der Waals surface area (Å²) in [5.74, 6) is 3.02. The Morgan fingerprint density at radius 2 is 2.15 bits per heavy atom. The predicted molar refractivity (Wildman–Crippen MR) is 122 cm³/mol. The fourth-order valence-electron chi connectivity index (χ4n) is 3.50. The van der Waals surface area contributed by atoms with E-state index in [0.29, 0.717) is 6.10 Å². The molecule has 2 fully saturated rings. The van der Waals surface area contributed by atoms with Gasteiger partial charge in [0.1, 0.15) is 0 Å². The molecule has 0 bridgehead atoms. The van der Waals surface area contributed by atoms with Crippen molar-refractivity contribution >= 4 is 41.7 Å². The molecule has 0 radical (unpaired) electrons. The number of nitrogens with one attached hydrogen (secondary N) is 1. The quantitative estimate of drug-likeness (QED) is 0.269. The van der Waals surface area contributed by atoms with Crippen molar-refractivity contribution in [2.45, 2.75) is 43.6 Å². The predicted octanol–water partition coefficient (Wildman–Crippen LogP) is 4.25. The standard InChI is InChI=1S/C20H31N3OS.HI/c1-2-21-20(22-12-10-18-7-6-14-24-18)23-13-11-17(15-23)16-25-19-8-4-3-5-9-19;/h3-5,8-9,17-18H,2,6-7,10-16H2,1H3,(H,21,22);1H. The molecule has 0 spiro atoms. The zero-order valence-electron chi connectivity index (χ0n) is 15.7. The van der Waals surface area contributed by atoms with E-state index >= 15 is 0 Å². The molecule has 0 amide bonds. The van der Waals surface area contributed by atoms with E-state index in [2.05, 4.69) is 47.5 Å². The van der Waals surface area contributed by atoms with Crippen molar-refractivity contribution < 1.29 is 4.74 Å². The average molecular weight is 489 g/mol. The maximum atomic E-state index is 5.71. The fraction of sp³-hybridized carbons (Fsp3) is 0.650. The highest BCUT2D eigenvalue weighted by Gasteiger charge is 2.25. The maximum absolute atomic E-state index is 5.71. The van der Waals surface area contributed by atoms with Crippen molar-refractivity contribution in [2.75, 3.05) is 38.5 Å². The molecule has 0 aromatic heterocycles. The van der Waals surface area contributed by atoms with Gasteiger partial charge in [0.2, 0.25) is 0 Å². The van der Waals surface area contributed by atoms with E-state index in [4.69, 9.17) is 9.73 Å². The lowest BCUT2D eigenvalue weighted by atomic mass is 10.2. The third kappa shape index (κ3) is 6.93. The Balaban J connectivity index is 0.00000243. The summed E-state index contributed by atoms with van der Waals surface area (Å²) < 4.78 is 5.71. The van der Waals surface area contributed by atoms with Crippen LogP contribution in [0.3, 0.4) is 0 Å². The SMILES string of the molecule is CCNC(=NCCC1CCCO1)N1CCC(CSc2ccccc2)C1.I. The molecule has 1 aromatic rings. The lowest BCUT2D eigenvalue weighted by Crippen LogP contribution is -2.40. The third-order valence-corrected chi connectivity index (χ3v) is 6.13. The van der Waals surface area contributed by atoms with Crippen LogP contribution in [0.5, 0.6) is 0 Å². The van der Waals surface area contributed by atoms with E-state index in [1.165, 1.54) is 29.9 Å². The molecule has 2 saturated heterocycles. The number of benzene rings is 1. The summed E-state index contributed by atoms with van der Waals surface area (Å²) in [6.07, 6.45) is 5.15. The van der Waals surface area contributed by atoms with Crippen LogP contribution < -0.4 is 5.32 Å². The van der Waals surface area contributed by atoms with Gasteiger partial charge in [-0.3, -0.25) is 4.99 Å². The minimum Gasteiger partial charge on any atom is -0.378 e. The number of hydrogen-bond donors (Lipinski definition) is 1. The topological polar surface area (TPSA) is 36.9 Å². The van der Waals surface area contributed by atoms with Gasteiger partial charge in [-0.1, -0.05) is 18.2 Å². The molecule has 0 aliphatic carbocycles. The van der Waals surface area contributed by atoms with Crippen LogP contribution in [0, 0.1) is 5.92 Å². The van der Waals surface area contributed by atoms with Crippen molar-refractivity contribution in [1.82, 2.24) is 10.2 Å². The summed E-state index contributed by atoms with van der Waals surface area (Å²) in [7, 11) is 0. The Kier molecular flexibility index (Phi) is 10.1. The number of nitrogens with zero attached hydrogens (tertiary/aromatic N) is 2. The highest BCUT2D eigenvalue weighted by molar-refractivity contribution is 14.0. The van der Waals surface area contributed by atoms with E-state index in [9.17, 15) is 0 Å². The van der Waals surface area contributed by atoms with E-state index in [-0.39, 0.29) is 24.0 Å². The Morgan fingerprint density at radius 3 is 2.88 bits per heavy atom. The summed E-state index contributed by atoms with van der Waals surface area (Å²) in [6.45, 7) is 7.11. The molecule has 3 rings (SSSR count). The van der Waals surface area contributed by atoms with Crippen LogP contribution in [0.25, 0.3) is 0 Å². The molecule has 2 unspecified atom stereocenters. The molecule has 0 saturated carbocycles. The summed E-state index contributed by atoms with van der Waals surface area (Å²) in [5, 5.41) is 3.47. The number of aliphatic imine (C=N–C) groups is 1. The first kappa shape index (κ1) is 21.8. The van der Waals surface area contributed by atoms with Crippen molar-refractivity contribution in [3.8, 4) is 0 Å². The molecule has 1 N–H and O–H groups in total. The van der Waals surface area contributed by atoms with Gasteiger partial charge in [0, 0.05) is 43.4 Å². The van der Waals surface area contributed by atoms with Gasteiger partial charge in [0.25, 0.3) is 0 Å².